The van der Waals surface area contributed by atoms with E-state index in [1.165, 1.54) is 11.1 Å². The monoisotopic (exact) mass is 446 g/mol. The van der Waals surface area contributed by atoms with E-state index in [1.807, 2.05) is 29.1 Å². The highest BCUT2D eigenvalue weighted by Crippen LogP contribution is 2.24. The van der Waals surface area contributed by atoms with Crippen molar-refractivity contribution in [2.75, 3.05) is 33.9 Å². The maximum absolute atomic E-state index is 12.5. The van der Waals surface area contributed by atoms with Gasteiger partial charge in [-0.25, -0.2) is 4.68 Å². The zero-order chi connectivity index (χ0) is 23.2. The maximum atomic E-state index is 12.5. The summed E-state index contributed by atoms with van der Waals surface area (Å²) in [5.74, 6) is 1.41. The topological polar surface area (TPSA) is 68.6 Å². The van der Waals surface area contributed by atoms with E-state index in [9.17, 15) is 4.79 Å². The molecule has 0 spiro atoms. The number of amides is 1. The first-order valence-electron chi connectivity index (χ1n) is 11.1. The number of benzene rings is 2. The Bertz CT molecular complexity index is 1110. The molecule has 4 rings (SSSR count). The van der Waals surface area contributed by atoms with Crippen LogP contribution in [-0.4, -0.2) is 54.4 Å². The highest BCUT2D eigenvalue weighted by Gasteiger charge is 2.17. The summed E-state index contributed by atoms with van der Waals surface area (Å²) in [5, 5.41) is 7.51. The van der Waals surface area contributed by atoms with Crippen molar-refractivity contribution in [3.05, 3.63) is 77.6 Å². The van der Waals surface area contributed by atoms with Gasteiger partial charge in [-0.05, 0) is 48.7 Å². The quantitative estimate of drug-likeness (QED) is 0.573. The van der Waals surface area contributed by atoms with Crippen LogP contribution in [-0.2, 0) is 11.3 Å². The van der Waals surface area contributed by atoms with Gasteiger partial charge >= 0.3 is 0 Å². The second-order valence-electron chi connectivity index (χ2n) is 8.22. The van der Waals surface area contributed by atoms with Gasteiger partial charge in [-0.3, -0.25) is 9.69 Å². The molecule has 1 aromatic heterocycles. The molecule has 0 aliphatic carbocycles. The smallest absolute Gasteiger partial charge is 0.234 e. The largest absolute Gasteiger partial charge is 0.497 e. The SMILES string of the molecule is COc1cc(CNC(=O)CN2CC=C(c3cnn(-c4ccc(C)cc4)c3)CC2)cc(OC)c1. The van der Waals surface area contributed by atoms with Crippen LogP contribution in [0, 0.1) is 6.92 Å². The zero-order valence-corrected chi connectivity index (χ0v) is 19.4. The Hall–Kier alpha value is -3.58. The highest BCUT2D eigenvalue weighted by molar-refractivity contribution is 5.78. The second-order valence-corrected chi connectivity index (χ2v) is 8.22. The molecule has 7 nitrogen and oxygen atoms in total. The molecule has 0 radical (unpaired) electrons. The van der Waals surface area contributed by atoms with Gasteiger partial charge in [0, 0.05) is 37.5 Å². The molecule has 172 valence electrons. The van der Waals surface area contributed by atoms with Gasteiger partial charge in [-0.2, -0.15) is 5.10 Å². The van der Waals surface area contributed by atoms with Crippen molar-refractivity contribution in [3.8, 4) is 17.2 Å². The van der Waals surface area contributed by atoms with Crippen LogP contribution in [0.4, 0.5) is 0 Å². The molecule has 1 aliphatic heterocycles. The lowest BCUT2D eigenvalue weighted by Crippen LogP contribution is -2.39. The van der Waals surface area contributed by atoms with E-state index >= 15 is 0 Å². The molecule has 0 saturated carbocycles. The molecular weight excluding hydrogens is 416 g/mol. The fourth-order valence-electron chi connectivity index (χ4n) is 3.87. The predicted octanol–water partition coefficient (Wildman–Crippen LogP) is 3.60. The van der Waals surface area contributed by atoms with E-state index in [0.29, 0.717) is 24.6 Å². The Kier molecular flexibility index (Phi) is 7.10. The number of rotatable bonds is 8. The number of methoxy groups -OCH3 is 2. The van der Waals surface area contributed by atoms with Crippen molar-refractivity contribution < 1.29 is 14.3 Å². The molecule has 2 heterocycles. The van der Waals surface area contributed by atoms with Gasteiger partial charge in [0.25, 0.3) is 0 Å². The lowest BCUT2D eigenvalue weighted by atomic mass is 10.0. The Balaban J connectivity index is 1.29. The first kappa shape index (κ1) is 22.6. The van der Waals surface area contributed by atoms with E-state index in [2.05, 4.69) is 58.8 Å². The van der Waals surface area contributed by atoms with Crippen molar-refractivity contribution in [1.82, 2.24) is 20.0 Å². The molecular formula is C26H30N4O3. The van der Waals surface area contributed by atoms with Crippen LogP contribution < -0.4 is 14.8 Å². The summed E-state index contributed by atoms with van der Waals surface area (Å²) in [6.07, 6.45) is 7.07. The van der Waals surface area contributed by atoms with Gasteiger partial charge in [0.1, 0.15) is 11.5 Å². The molecule has 2 aromatic carbocycles. The standard InChI is InChI=1S/C26H30N4O3/c1-19-4-6-23(7-5-19)30-17-22(16-28-30)21-8-10-29(11-9-21)18-26(31)27-15-20-12-24(32-2)14-25(13-20)33-3/h4-8,12-14,16-17H,9-11,15,18H2,1-3H3,(H,27,31). The third-order valence-electron chi connectivity index (χ3n) is 5.81. The molecule has 0 saturated heterocycles. The van der Waals surface area contributed by atoms with E-state index in [0.717, 1.165) is 36.3 Å². The fourth-order valence-corrected chi connectivity index (χ4v) is 3.87. The van der Waals surface area contributed by atoms with Crippen LogP contribution in [0.15, 0.2) is 60.9 Å². The first-order valence-corrected chi connectivity index (χ1v) is 11.1. The number of carbonyl (C=O) groups excluding carboxylic acids is 1. The number of aromatic nitrogens is 2. The minimum absolute atomic E-state index is 0.000766. The Morgan fingerprint density at radius 3 is 2.45 bits per heavy atom. The van der Waals surface area contributed by atoms with Gasteiger partial charge in [0.2, 0.25) is 5.91 Å². The minimum Gasteiger partial charge on any atom is -0.497 e. The number of carbonyl (C=O) groups is 1. The molecule has 1 N–H and O–H groups in total. The van der Waals surface area contributed by atoms with E-state index in [4.69, 9.17) is 9.47 Å². The summed E-state index contributed by atoms with van der Waals surface area (Å²) in [6.45, 7) is 4.45. The van der Waals surface area contributed by atoms with Crippen LogP contribution in [0.5, 0.6) is 11.5 Å². The van der Waals surface area contributed by atoms with Crippen molar-refractivity contribution >= 4 is 11.5 Å². The summed E-state index contributed by atoms with van der Waals surface area (Å²) in [6, 6.07) is 13.9. The third-order valence-corrected chi connectivity index (χ3v) is 5.81. The van der Waals surface area contributed by atoms with Crippen molar-refractivity contribution in [3.63, 3.8) is 0 Å². The lowest BCUT2D eigenvalue weighted by molar-refractivity contribution is -0.122. The molecule has 1 aliphatic rings. The number of nitrogens with zero attached hydrogens (tertiary/aromatic N) is 3. The van der Waals surface area contributed by atoms with E-state index in [1.54, 1.807) is 14.2 Å². The molecule has 0 atom stereocenters. The van der Waals surface area contributed by atoms with Crippen LogP contribution in [0.25, 0.3) is 11.3 Å². The second kappa shape index (κ2) is 10.4. The molecule has 1 amide bonds. The van der Waals surface area contributed by atoms with Crippen molar-refractivity contribution in [1.29, 1.82) is 0 Å². The molecule has 33 heavy (non-hydrogen) atoms. The zero-order valence-electron chi connectivity index (χ0n) is 19.4. The predicted molar refractivity (Wildman–Crippen MR) is 129 cm³/mol. The number of hydrogen-bond donors (Lipinski definition) is 1. The summed E-state index contributed by atoms with van der Waals surface area (Å²) in [7, 11) is 3.23. The molecule has 7 heteroatoms. The van der Waals surface area contributed by atoms with Crippen LogP contribution in [0.2, 0.25) is 0 Å². The number of nitrogens with one attached hydrogen (secondary N) is 1. The summed E-state index contributed by atoms with van der Waals surface area (Å²) < 4.78 is 12.5. The highest BCUT2D eigenvalue weighted by atomic mass is 16.5. The normalized spacial score (nSPS) is 14.0. The third kappa shape index (κ3) is 5.81. The number of aryl methyl sites for hydroxylation is 1. The molecule has 0 bridgehead atoms. The lowest BCUT2D eigenvalue weighted by Gasteiger charge is -2.25. The average Bonchev–Trinajstić information content (AvgIpc) is 3.33. The van der Waals surface area contributed by atoms with Crippen LogP contribution in [0.3, 0.4) is 0 Å². The van der Waals surface area contributed by atoms with Crippen molar-refractivity contribution in [2.24, 2.45) is 0 Å². The Morgan fingerprint density at radius 2 is 1.82 bits per heavy atom. The Morgan fingerprint density at radius 1 is 1.09 bits per heavy atom. The molecule has 0 unspecified atom stereocenters. The van der Waals surface area contributed by atoms with E-state index < -0.39 is 0 Å². The number of ether oxygens (including phenoxy) is 2. The van der Waals surface area contributed by atoms with Gasteiger partial charge in [-0.15, -0.1) is 0 Å². The van der Waals surface area contributed by atoms with Crippen LogP contribution in [0.1, 0.15) is 23.1 Å². The summed E-state index contributed by atoms with van der Waals surface area (Å²) in [4.78, 5) is 14.6. The van der Waals surface area contributed by atoms with Gasteiger partial charge in [0.05, 0.1) is 32.6 Å². The molecule has 3 aromatic rings. The number of hydrogen-bond acceptors (Lipinski definition) is 5. The van der Waals surface area contributed by atoms with E-state index in [-0.39, 0.29) is 5.91 Å². The maximum Gasteiger partial charge on any atom is 0.234 e. The Labute approximate surface area is 194 Å². The van der Waals surface area contributed by atoms with Crippen molar-refractivity contribution in [2.45, 2.75) is 19.9 Å². The molecule has 0 fully saturated rings. The van der Waals surface area contributed by atoms with Crippen LogP contribution >= 0.6 is 0 Å². The van der Waals surface area contributed by atoms with Gasteiger partial charge < -0.3 is 14.8 Å². The minimum atomic E-state index is 0.000766. The summed E-state index contributed by atoms with van der Waals surface area (Å²) >= 11 is 0. The average molecular weight is 447 g/mol. The summed E-state index contributed by atoms with van der Waals surface area (Å²) in [5.41, 5.74) is 5.62. The first-order chi connectivity index (χ1) is 16.0. The fraction of sp³-hybridized carbons (Fsp3) is 0.308. The van der Waals surface area contributed by atoms with Gasteiger partial charge in [0.15, 0.2) is 0 Å². The van der Waals surface area contributed by atoms with Gasteiger partial charge in [-0.1, -0.05) is 23.8 Å².